The number of phenols is 1. The zero-order chi connectivity index (χ0) is 11.4. The molecule has 6 heteroatoms. The van der Waals surface area contributed by atoms with Crippen molar-refractivity contribution in [1.82, 2.24) is 0 Å². The smallest absolute Gasteiger partial charge is 0.310 e. The second-order valence-corrected chi connectivity index (χ2v) is 2.75. The van der Waals surface area contributed by atoms with Gasteiger partial charge in [-0.25, -0.2) is 4.39 Å². The molecule has 0 saturated heterocycles. The number of hydrogen-bond acceptors (Lipinski definition) is 5. The van der Waals surface area contributed by atoms with Crippen molar-refractivity contribution in [3.63, 3.8) is 0 Å². The van der Waals surface area contributed by atoms with Gasteiger partial charge in [-0.3, -0.25) is 4.79 Å². The minimum absolute atomic E-state index is 0.0493. The Labute approximate surface area is 84.5 Å². The molecular weight excluding hydrogens is 205 g/mol. The fourth-order valence-electron chi connectivity index (χ4n) is 1.03. The molecule has 1 rings (SSSR count). The number of benzene rings is 1. The molecule has 0 fully saturated rings. The normalized spacial score (nSPS) is 9.73. The van der Waals surface area contributed by atoms with Gasteiger partial charge in [0.15, 0.2) is 17.3 Å². The maximum absolute atomic E-state index is 13.3. The summed E-state index contributed by atoms with van der Waals surface area (Å²) in [5, 5.41) is 11.6. The number of carbonyl (C=O) groups excluding carboxylic acids is 1. The van der Waals surface area contributed by atoms with Crippen LogP contribution in [0.3, 0.4) is 0 Å². The Morgan fingerprint density at radius 2 is 2.27 bits per heavy atom. The molecule has 5 nitrogen and oxygen atoms in total. The second-order valence-electron chi connectivity index (χ2n) is 2.75. The number of hydrogen-bond donors (Lipinski definition) is 1. The van der Waals surface area contributed by atoms with Crippen LogP contribution in [0.5, 0.6) is 5.75 Å². The van der Waals surface area contributed by atoms with Crippen LogP contribution in [0, 0.1) is 10.7 Å². The van der Waals surface area contributed by atoms with Crippen molar-refractivity contribution >= 4 is 11.7 Å². The number of halogens is 1. The molecule has 0 spiro atoms. The van der Waals surface area contributed by atoms with Gasteiger partial charge >= 0.3 is 5.97 Å². The minimum atomic E-state index is -1.03. The standard InChI is InChI=1S/C9H8FNO4/c1-15-7(12)4-5-2-3-6(11-14)9(13)8(5)10/h2-3,13H,4H2,1H3. The topological polar surface area (TPSA) is 76.0 Å². The predicted molar refractivity (Wildman–Crippen MR) is 49.2 cm³/mol. The first-order valence-corrected chi connectivity index (χ1v) is 4.00. The quantitative estimate of drug-likeness (QED) is 0.611. The first-order valence-electron chi connectivity index (χ1n) is 4.00. The maximum atomic E-state index is 13.3. The highest BCUT2D eigenvalue weighted by atomic mass is 19.1. The number of rotatable bonds is 3. The molecule has 0 bridgehead atoms. The van der Waals surface area contributed by atoms with Gasteiger partial charge in [-0.2, -0.15) is 0 Å². The Morgan fingerprint density at radius 1 is 1.60 bits per heavy atom. The van der Waals surface area contributed by atoms with E-state index in [2.05, 4.69) is 9.91 Å². The molecule has 0 aliphatic carbocycles. The van der Waals surface area contributed by atoms with E-state index in [0.29, 0.717) is 0 Å². The van der Waals surface area contributed by atoms with Crippen molar-refractivity contribution in [3.05, 3.63) is 28.4 Å². The lowest BCUT2D eigenvalue weighted by atomic mass is 10.1. The lowest BCUT2D eigenvalue weighted by Gasteiger charge is -2.04. The molecule has 15 heavy (non-hydrogen) atoms. The largest absolute Gasteiger partial charge is 0.503 e. The van der Waals surface area contributed by atoms with Gasteiger partial charge in [-0.05, 0) is 11.2 Å². The molecule has 0 unspecified atom stereocenters. The van der Waals surface area contributed by atoms with Gasteiger partial charge in [-0.1, -0.05) is 6.07 Å². The van der Waals surface area contributed by atoms with Gasteiger partial charge in [0.2, 0.25) is 0 Å². The Hall–Kier alpha value is -1.98. The fourth-order valence-corrected chi connectivity index (χ4v) is 1.03. The molecule has 1 aromatic carbocycles. The zero-order valence-electron chi connectivity index (χ0n) is 7.86. The number of nitroso groups, excluding NO2 is 1. The average Bonchev–Trinajstić information content (AvgIpc) is 2.25. The van der Waals surface area contributed by atoms with Gasteiger partial charge in [0.25, 0.3) is 0 Å². The van der Waals surface area contributed by atoms with Crippen molar-refractivity contribution in [3.8, 4) is 5.75 Å². The van der Waals surface area contributed by atoms with Crippen molar-refractivity contribution in [2.24, 2.45) is 5.18 Å². The van der Waals surface area contributed by atoms with Crippen LogP contribution in [0.4, 0.5) is 10.1 Å². The molecule has 80 valence electrons. The molecular formula is C9H8FNO4. The van der Waals surface area contributed by atoms with E-state index >= 15 is 0 Å². The van der Waals surface area contributed by atoms with Gasteiger partial charge in [-0.15, -0.1) is 4.91 Å². The number of nitrogens with zero attached hydrogens (tertiary/aromatic N) is 1. The number of phenolic OH excluding ortho intramolecular Hbond substituents is 1. The van der Waals surface area contributed by atoms with E-state index in [-0.39, 0.29) is 12.0 Å². The summed E-state index contributed by atoms with van der Waals surface area (Å²) in [4.78, 5) is 20.9. The first kappa shape index (κ1) is 11.1. The van der Waals surface area contributed by atoms with E-state index in [1.807, 2.05) is 0 Å². The molecule has 1 aromatic rings. The van der Waals surface area contributed by atoms with Gasteiger partial charge in [0.05, 0.1) is 13.5 Å². The third kappa shape index (κ3) is 2.28. The lowest BCUT2D eigenvalue weighted by molar-refractivity contribution is -0.139. The number of carbonyl (C=O) groups is 1. The van der Waals surface area contributed by atoms with E-state index in [1.54, 1.807) is 0 Å². The Morgan fingerprint density at radius 3 is 2.80 bits per heavy atom. The molecule has 0 saturated carbocycles. The van der Waals surface area contributed by atoms with Gasteiger partial charge < -0.3 is 9.84 Å². The molecule has 0 heterocycles. The van der Waals surface area contributed by atoms with Crippen LogP contribution in [-0.2, 0) is 16.0 Å². The summed E-state index contributed by atoms with van der Waals surface area (Å²) in [6.45, 7) is 0. The summed E-state index contributed by atoms with van der Waals surface area (Å²) in [7, 11) is 1.17. The van der Waals surface area contributed by atoms with Crippen molar-refractivity contribution in [2.75, 3.05) is 7.11 Å². The first-order chi connectivity index (χ1) is 7.10. The Kier molecular flexibility index (Phi) is 3.33. The van der Waals surface area contributed by atoms with Gasteiger partial charge in [0, 0.05) is 5.56 Å². The van der Waals surface area contributed by atoms with E-state index < -0.39 is 23.2 Å². The highest BCUT2D eigenvalue weighted by Gasteiger charge is 2.15. The number of esters is 1. The summed E-state index contributed by atoms with van der Waals surface area (Å²) in [5.41, 5.74) is -0.451. The highest BCUT2D eigenvalue weighted by Crippen LogP contribution is 2.31. The van der Waals surface area contributed by atoms with E-state index in [9.17, 15) is 14.1 Å². The Balaban J connectivity index is 3.06. The van der Waals surface area contributed by atoms with Crippen molar-refractivity contribution < 1.29 is 19.0 Å². The number of ether oxygens (including phenoxy) is 1. The van der Waals surface area contributed by atoms with Crippen LogP contribution in [0.15, 0.2) is 17.3 Å². The summed E-state index contributed by atoms with van der Waals surface area (Å²) >= 11 is 0. The highest BCUT2D eigenvalue weighted by molar-refractivity contribution is 5.73. The molecule has 1 N–H and O–H groups in total. The fraction of sp³-hybridized carbons (Fsp3) is 0.222. The summed E-state index contributed by atoms with van der Waals surface area (Å²) in [5.74, 6) is -2.52. The molecule has 0 amide bonds. The lowest BCUT2D eigenvalue weighted by Crippen LogP contribution is -2.06. The SMILES string of the molecule is COC(=O)Cc1ccc(N=O)c(O)c1F. The molecule has 0 atom stereocenters. The number of methoxy groups -OCH3 is 1. The predicted octanol–water partition coefficient (Wildman–Crippen LogP) is 1.64. The van der Waals surface area contributed by atoms with Crippen LogP contribution >= 0.6 is 0 Å². The second kappa shape index (κ2) is 4.50. The van der Waals surface area contributed by atoms with Crippen LogP contribution < -0.4 is 0 Å². The summed E-state index contributed by atoms with van der Waals surface area (Å²) in [6, 6.07) is 2.33. The average molecular weight is 213 g/mol. The van der Waals surface area contributed by atoms with Crippen LogP contribution in [0.1, 0.15) is 5.56 Å². The van der Waals surface area contributed by atoms with E-state index in [0.717, 1.165) is 6.07 Å². The van der Waals surface area contributed by atoms with E-state index in [1.165, 1.54) is 13.2 Å². The molecule has 0 aliphatic heterocycles. The molecule has 0 aliphatic rings. The third-order valence-corrected chi connectivity index (χ3v) is 1.84. The summed E-state index contributed by atoms with van der Waals surface area (Å²) in [6.07, 6.45) is -0.310. The Bertz CT molecular complexity index is 405. The van der Waals surface area contributed by atoms with Crippen LogP contribution in [0.25, 0.3) is 0 Å². The van der Waals surface area contributed by atoms with Crippen LogP contribution in [0.2, 0.25) is 0 Å². The summed E-state index contributed by atoms with van der Waals surface area (Å²) < 4.78 is 17.6. The molecule has 0 radical (unpaired) electrons. The number of aromatic hydroxyl groups is 1. The third-order valence-electron chi connectivity index (χ3n) is 1.84. The van der Waals surface area contributed by atoms with Crippen LogP contribution in [-0.4, -0.2) is 18.2 Å². The van der Waals surface area contributed by atoms with Crippen molar-refractivity contribution in [2.45, 2.75) is 6.42 Å². The monoisotopic (exact) mass is 213 g/mol. The van der Waals surface area contributed by atoms with E-state index in [4.69, 9.17) is 5.11 Å². The maximum Gasteiger partial charge on any atom is 0.310 e. The minimum Gasteiger partial charge on any atom is -0.503 e. The van der Waals surface area contributed by atoms with Crippen molar-refractivity contribution in [1.29, 1.82) is 0 Å². The zero-order valence-corrected chi connectivity index (χ0v) is 7.86. The molecule has 0 aromatic heterocycles. The van der Waals surface area contributed by atoms with Gasteiger partial charge in [0.1, 0.15) is 0 Å².